The van der Waals surface area contributed by atoms with Gasteiger partial charge in [0.2, 0.25) is 0 Å². The maximum absolute atomic E-state index is 12.2. The Kier molecular flexibility index (Phi) is 4.83. The fourth-order valence-electron chi connectivity index (χ4n) is 1.75. The monoisotopic (exact) mass is 289 g/mol. The predicted octanol–water partition coefficient (Wildman–Crippen LogP) is 0.512. The lowest BCUT2D eigenvalue weighted by atomic mass is 10.2. The Hall–Kier alpha value is -2.48. The van der Waals surface area contributed by atoms with Crippen molar-refractivity contribution >= 4 is 11.6 Å². The van der Waals surface area contributed by atoms with E-state index in [0.717, 1.165) is 0 Å². The van der Waals surface area contributed by atoms with E-state index < -0.39 is 0 Å². The highest BCUT2D eigenvalue weighted by molar-refractivity contribution is 5.97. The van der Waals surface area contributed by atoms with Crippen molar-refractivity contribution in [2.45, 2.75) is 26.3 Å². The zero-order chi connectivity index (χ0) is 15.2. The minimum absolute atomic E-state index is 0.132. The number of carbonyl (C=O) groups excluding carboxylic acids is 1. The predicted molar refractivity (Wildman–Crippen MR) is 78.5 cm³/mol. The molecule has 4 N–H and O–H groups in total. The van der Waals surface area contributed by atoms with Crippen molar-refractivity contribution in [3.8, 4) is 0 Å². The molecule has 0 saturated heterocycles. The maximum Gasteiger partial charge on any atom is 0.272 e. The van der Waals surface area contributed by atoms with E-state index in [1.54, 1.807) is 10.9 Å². The average Bonchev–Trinajstić information content (AvgIpc) is 2.99. The number of amides is 1. The van der Waals surface area contributed by atoms with Crippen LogP contribution in [-0.2, 0) is 6.54 Å². The van der Waals surface area contributed by atoms with E-state index in [2.05, 4.69) is 25.8 Å². The van der Waals surface area contributed by atoms with Crippen LogP contribution in [0.2, 0.25) is 0 Å². The molecule has 0 aliphatic heterocycles. The van der Waals surface area contributed by atoms with Crippen LogP contribution in [0.4, 0.5) is 5.69 Å². The molecule has 0 aliphatic rings. The first-order valence-electron chi connectivity index (χ1n) is 6.71. The van der Waals surface area contributed by atoms with Crippen LogP contribution in [0.25, 0.3) is 0 Å². The van der Waals surface area contributed by atoms with Gasteiger partial charge in [0.15, 0.2) is 5.69 Å². The van der Waals surface area contributed by atoms with Crippen LogP contribution in [0, 0.1) is 0 Å². The normalized spacial score (nSPS) is 10.7. The first-order valence-corrected chi connectivity index (χ1v) is 6.71. The SMILES string of the molecule is CC(C)c1ncc(NN)c(C(=O)NCCn2cccn2)n1. The summed E-state index contributed by atoms with van der Waals surface area (Å²) in [4.78, 5) is 20.6. The van der Waals surface area contributed by atoms with Gasteiger partial charge in [-0.05, 0) is 6.07 Å². The van der Waals surface area contributed by atoms with Crippen LogP contribution in [0.1, 0.15) is 36.1 Å². The van der Waals surface area contributed by atoms with E-state index in [0.29, 0.717) is 24.6 Å². The summed E-state index contributed by atoms with van der Waals surface area (Å²) in [6.07, 6.45) is 5.04. The van der Waals surface area contributed by atoms with Crippen LogP contribution < -0.4 is 16.6 Å². The third-order valence-corrected chi connectivity index (χ3v) is 2.88. The summed E-state index contributed by atoms with van der Waals surface area (Å²) in [5, 5.41) is 6.86. The van der Waals surface area contributed by atoms with Gasteiger partial charge in [0.25, 0.3) is 5.91 Å². The number of carbonyl (C=O) groups is 1. The second kappa shape index (κ2) is 6.80. The minimum atomic E-state index is -0.292. The van der Waals surface area contributed by atoms with Crippen molar-refractivity contribution in [2.75, 3.05) is 12.0 Å². The fraction of sp³-hybridized carbons (Fsp3) is 0.385. The molecule has 0 bridgehead atoms. The largest absolute Gasteiger partial charge is 0.349 e. The number of hydrazine groups is 1. The molecule has 2 aromatic rings. The molecule has 0 spiro atoms. The Morgan fingerprint density at radius 3 is 2.90 bits per heavy atom. The molecule has 0 aliphatic carbocycles. The van der Waals surface area contributed by atoms with E-state index in [9.17, 15) is 4.79 Å². The van der Waals surface area contributed by atoms with Crippen LogP contribution in [0.15, 0.2) is 24.7 Å². The molecule has 8 nitrogen and oxygen atoms in total. The van der Waals surface area contributed by atoms with Crippen LogP contribution >= 0.6 is 0 Å². The molecule has 0 saturated carbocycles. The number of hydrogen-bond donors (Lipinski definition) is 3. The molecule has 2 heterocycles. The molecule has 0 unspecified atom stereocenters. The van der Waals surface area contributed by atoms with Crippen LogP contribution in [-0.4, -0.2) is 32.2 Å². The van der Waals surface area contributed by atoms with Gasteiger partial charge in [-0.25, -0.2) is 9.97 Å². The molecule has 2 aromatic heterocycles. The van der Waals surface area contributed by atoms with Gasteiger partial charge in [-0.15, -0.1) is 0 Å². The number of nitrogens with two attached hydrogens (primary N) is 1. The smallest absolute Gasteiger partial charge is 0.272 e. The molecule has 21 heavy (non-hydrogen) atoms. The minimum Gasteiger partial charge on any atom is -0.349 e. The van der Waals surface area contributed by atoms with Crippen molar-refractivity contribution in [1.82, 2.24) is 25.1 Å². The third-order valence-electron chi connectivity index (χ3n) is 2.88. The zero-order valence-corrected chi connectivity index (χ0v) is 12.1. The van der Waals surface area contributed by atoms with Crippen molar-refractivity contribution in [2.24, 2.45) is 5.84 Å². The molecular formula is C13H19N7O. The summed E-state index contributed by atoms with van der Waals surface area (Å²) in [6.45, 7) is 4.96. The summed E-state index contributed by atoms with van der Waals surface area (Å²) in [5.41, 5.74) is 3.09. The summed E-state index contributed by atoms with van der Waals surface area (Å²) < 4.78 is 1.74. The number of aromatic nitrogens is 4. The van der Waals surface area contributed by atoms with E-state index in [1.807, 2.05) is 26.1 Å². The zero-order valence-electron chi connectivity index (χ0n) is 12.1. The second-order valence-corrected chi connectivity index (χ2v) is 4.81. The molecule has 8 heteroatoms. The first-order chi connectivity index (χ1) is 10.1. The number of nitrogens with zero attached hydrogens (tertiary/aromatic N) is 4. The van der Waals surface area contributed by atoms with Gasteiger partial charge in [0, 0.05) is 24.9 Å². The topological polar surface area (TPSA) is 111 Å². The van der Waals surface area contributed by atoms with E-state index in [1.165, 1.54) is 6.20 Å². The lowest BCUT2D eigenvalue weighted by molar-refractivity contribution is 0.0947. The van der Waals surface area contributed by atoms with Gasteiger partial charge < -0.3 is 10.7 Å². The maximum atomic E-state index is 12.2. The molecule has 1 amide bonds. The molecule has 112 valence electrons. The lowest BCUT2D eigenvalue weighted by Crippen LogP contribution is -2.30. The molecule has 0 atom stereocenters. The lowest BCUT2D eigenvalue weighted by Gasteiger charge is -2.11. The van der Waals surface area contributed by atoms with Gasteiger partial charge >= 0.3 is 0 Å². The van der Waals surface area contributed by atoms with Gasteiger partial charge in [0.05, 0.1) is 18.4 Å². The van der Waals surface area contributed by atoms with E-state index in [4.69, 9.17) is 5.84 Å². The van der Waals surface area contributed by atoms with Crippen molar-refractivity contribution in [3.63, 3.8) is 0 Å². The average molecular weight is 289 g/mol. The van der Waals surface area contributed by atoms with Crippen molar-refractivity contribution in [3.05, 3.63) is 36.2 Å². The van der Waals surface area contributed by atoms with Gasteiger partial charge in [-0.2, -0.15) is 5.10 Å². The van der Waals surface area contributed by atoms with Gasteiger partial charge in [0.1, 0.15) is 5.82 Å². The number of rotatable bonds is 6. The Morgan fingerprint density at radius 1 is 1.48 bits per heavy atom. The molecule has 2 rings (SSSR count). The van der Waals surface area contributed by atoms with Gasteiger partial charge in [-0.1, -0.05) is 13.8 Å². The summed E-state index contributed by atoms with van der Waals surface area (Å²) in [7, 11) is 0. The molecule has 0 radical (unpaired) electrons. The Balaban J connectivity index is 2.04. The second-order valence-electron chi connectivity index (χ2n) is 4.81. The number of nitrogen functional groups attached to an aromatic ring is 1. The van der Waals surface area contributed by atoms with Crippen molar-refractivity contribution in [1.29, 1.82) is 0 Å². The van der Waals surface area contributed by atoms with Crippen LogP contribution in [0.3, 0.4) is 0 Å². The molecule has 0 fully saturated rings. The van der Waals surface area contributed by atoms with Crippen LogP contribution in [0.5, 0.6) is 0 Å². The number of hydrogen-bond acceptors (Lipinski definition) is 6. The molecule has 0 aromatic carbocycles. The molecular weight excluding hydrogens is 270 g/mol. The highest BCUT2D eigenvalue weighted by atomic mass is 16.1. The van der Waals surface area contributed by atoms with E-state index in [-0.39, 0.29) is 17.5 Å². The summed E-state index contributed by atoms with van der Waals surface area (Å²) >= 11 is 0. The Labute approximate surface area is 122 Å². The summed E-state index contributed by atoms with van der Waals surface area (Å²) in [5.74, 6) is 5.84. The fourth-order valence-corrected chi connectivity index (χ4v) is 1.75. The Bertz CT molecular complexity index is 595. The number of anilines is 1. The third kappa shape index (κ3) is 3.76. The standard InChI is InChI=1S/C13H19N7O/c1-9(2)12-16-8-10(19-14)11(18-12)13(21)15-5-7-20-6-3-4-17-20/h3-4,6,8-9,19H,5,7,14H2,1-2H3,(H,15,21). The number of nitrogens with one attached hydrogen (secondary N) is 2. The highest BCUT2D eigenvalue weighted by Crippen LogP contribution is 2.15. The van der Waals surface area contributed by atoms with Gasteiger partial charge in [-0.3, -0.25) is 15.3 Å². The van der Waals surface area contributed by atoms with E-state index >= 15 is 0 Å². The summed E-state index contributed by atoms with van der Waals surface area (Å²) in [6, 6.07) is 1.83. The quantitative estimate of drug-likeness (QED) is 0.528. The highest BCUT2D eigenvalue weighted by Gasteiger charge is 2.15. The Morgan fingerprint density at radius 2 is 2.29 bits per heavy atom. The van der Waals surface area contributed by atoms with Crippen molar-refractivity contribution < 1.29 is 4.79 Å². The first kappa shape index (κ1) is 14.9.